The highest BCUT2D eigenvalue weighted by atomic mass is 16.4. The number of anilines is 1. The van der Waals surface area contributed by atoms with Gasteiger partial charge in [-0.2, -0.15) is 0 Å². The summed E-state index contributed by atoms with van der Waals surface area (Å²) in [5.74, 6) is -0.410. The van der Waals surface area contributed by atoms with E-state index in [4.69, 9.17) is 0 Å². The number of carboxylic acid groups (broad SMARTS) is 1. The van der Waals surface area contributed by atoms with Crippen LogP contribution in [0.5, 0.6) is 0 Å². The Labute approximate surface area is 128 Å². The third-order valence-electron chi connectivity index (χ3n) is 3.62. The van der Waals surface area contributed by atoms with Crippen molar-refractivity contribution in [3.8, 4) is 0 Å². The van der Waals surface area contributed by atoms with Gasteiger partial charge in [0.25, 0.3) is 0 Å². The van der Waals surface area contributed by atoms with Gasteiger partial charge in [-0.3, -0.25) is 4.79 Å². The van der Waals surface area contributed by atoms with Gasteiger partial charge in [-0.1, -0.05) is 26.0 Å². The number of nitrogens with zero attached hydrogens (tertiary/aromatic N) is 1. The van der Waals surface area contributed by atoms with E-state index in [0.29, 0.717) is 18.9 Å². The fourth-order valence-corrected chi connectivity index (χ4v) is 2.40. The first-order chi connectivity index (χ1) is 9.97. The molecule has 1 aromatic rings. The second kappa shape index (κ2) is 8.67. The van der Waals surface area contributed by atoms with E-state index < -0.39 is 12.0 Å². The van der Waals surface area contributed by atoms with Crippen LogP contribution in [0.3, 0.4) is 0 Å². The fourth-order valence-electron chi connectivity index (χ4n) is 2.40. The number of aliphatic carboxylic acids is 1. The largest absolute Gasteiger partial charge is 0.480 e. The molecule has 0 aliphatic rings. The molecule has 2 N–H and O–H groups in total. The molecule has 0 radical (unpaired) electrons. The summed E-state index contributed by atoms with van der Waals surface area (Å²) in [5, 5.41) is 12.3. The predicted molar refractivity (Wildman–Crippen MR) is 87.7 cm³/mol. The van der Waals surface area contributed by atoms with Crippen molar-refractivity contribution < 1.29 is 9.90 Å². The van der Waals surface area contributed by atoms with Gasteiger partial charge in [0.1, 0.15) is 6.04 Å². The number of benzene rings is 1. The van der Waals surface area contributed by atoms with Gasteiger partial charge in [0.05, 0.1) is 0 Å². The maximum Gasteiger partial charge on any atom is 0.320 e. The van der Waals surface area contributed by atoms with Crippen LogP contribution in [-0.4, -0.2) is 30.2 Å². The molecule has 21 heavy (non-hydrogen) atoms. The van der Waals surface area contributed by atoms with E-state index in [2.05, 4.69) is 48.3 Å². The van der Waals surface area contributed by atoms with Crippen molar-refractivity contribution in [3.63, 3.8) is 0 Å². The molecule has 4 nitrogen and oxygen atoms in total. The fraction of sp³-hybridized carbons (Fsp3) is 0.588. The van der Waals surface area contributed by atoms with Crippen LogP contribution < -0.4 is 10.2 Å². The normalized spacial score (nSPS) is 12.4. The van der Waals surface area contributed by atoms with Crippen LogP contribution in [0, 0.1) is 5.92 Å². The summed E-state index contributed by atoms with van der Waals surface area (Å²) in [6, 6.07) is 7.85. The molecule has 0 fully saturated rings. The first kappa shape index (κ1) is 17.5. The molecule has 0 amide bonds. The third kappa shape index (κ3) is 5.76. The minimum atomic E-state index is -0.775. The Morgan fingerprint density at radius 3 is 2.19 bits per heavy atom. The van der Waals surface area contributed by atoms with Crippen LogP contribution in [0.1, 0.15) is 39.7 Å². The van der Waals surface area contributed by atoms with Crippen LogP contribution in [0.25, 0.3) is 0 Å². The Bertz CT molecular complexity index is 425. The van der Waals surface area contributed by atoms with Gasteiger partial charge in [0.2, 0.25) is 0 Å². The summed E-state index contributed by atoms with van der Waals surface area (Å²) in [4.78, 5) is 13.5. The molecule has 118 valence electrons. The monoisotopic (exact) mass is 292 g/mol. The number of nitrogens with one attached hydrogen (secondary N) is 1. The lowest BCUT2D eigenvalue weighted by Gasteiger charge is -2.21. The van der Waals surface area contributed by atoms with Crippen molar-refractivity contribution in [2.75, 3.05) is 18.0 Å². The average Bonchev–Trinajstić information content (AvgIpc) is 2.45. The zero-order valence-corrected chi connectivity index (χ0v) is 13.6. The topological polar surface area (TPSA) is 52.6 Å². The van der Waals surface area contributed by atoms with Gasteiger partial charge < -0.3 is 15.3 Å². The SMILES string of the molecule is CCN(CC)c1ccc(CNC(CC(C)C)C(=O)O)cc1. The predicted octanol–water partition coefficient (Wildman–Crippen LogP) is 3.12. The Balaban J connectivity index is 2.60. The number of rotatable bonds is 9. The van der Waals surface area contributed by atoms with Gasteiger partial charge in [-0.05, 0) is 43.9 Å². The molecule has 1 atom stereocenters. The molecule has 0 bridgehead atoms. The van der Waals surface area contributed by atoms with Crippen molar-refractivity contribution in [3.05, 3.63) is 29.8 Å². The standard InChI is InChI=1S/C17H28N2O2/c1-5-19(6-2)15-9-7-14(8-10-15)12-18-16(17(20)21)11-13(3)4/h7-10,13,16,18H,5-6,11-12H2,1-4H3,(H,20,21). The first-order valence-corrected chi connectivity index (χ1v) is 7.78. The maximum absolute atomic E-state index is 11.2. The van der Waals surface area contributed by atoms with Crippen LogP contribution in [-0.2, 0) is 11.3 Å². The zero-order valence-electron chi connectivity index (χ0n) is 13.6. The van der Waals surface area contributed by atoms with Crippen molar-refractivity contribution >= 4 is 11.7 Å². The minimum Gasteiger partial charge on any atom is -0.480 e. The molecular formula is C17H28N2O2. The van der Waals surface area contributed by atoms with Gasteiger partial charge in [0.15, 0.2) is 0 Å². The second-order valence-corrected chi connectivity index (χ2v) is 5.74. The van der Waals surface area contributed by atoms with Crippen molar-refractivity contribution in [1.29, 1.82) is 0 Å². The van der Waals surface area contributed by atoms with E-state index in [1.807, 2.05) is 13.8 Å². The lowest BCUT2D eigenvalue weighted by Crippen LogP contribution is -2.37. The summed E-state index contributed by atoms with van der Waals surface area (Å²) < 4.78 is 0. The Morgan fingerprint density at radius 1 is 1.19 bits per heavy atom. The van der Waals surface area contributed by atoms with Crippen LogP contribution in [0.4, 0.5) is 5.69 Å². The van der Waals surface area contributed by atoms with E-state index in [1.165, 1.54) is 5.69 Å². The molecular weight excluding hydrogens is 264 g/mol. The summed E-state index contributed by atoms with van der Waals surface area (Å²) in [6.45, 7) is 10.9. The van der Waals surface area contributed by atoms with Crippen molar-refractivity contribution in [2.45, 2.75) is 46.7 Å². The molecule has 0 aliphatic heterocycles. The van der Waals surface area contributed by atoms with Gasteiger partial charge in [0, 0.05) is 25.3 Å². The number of carboxylic acids is 1. The van der Waals surface area contributed by atoms with E-state index in [1.54, 1.807) is 0 Å². The number of carbonyl (C=O) groups is 1. The van der Waals surface area contributed by atoms with E-state index in [0.717, 1.165) is 18.7 Å². The zero-order chi connectivity index (χ0) is 15.8. The molecule has 0 saturated heterocycles. The van der Waals surface area contributed by atoms with Crippen LogP contribution >= 0.6 is 0 Å². The van der Waals surface area contributed by atoms with Crippen molar-refractivity contribution in [1.82, 2.24) is 5.32 Å². The highest BCUT2D eigenvalue weighted by molar-refractivity contribution is 5.73. The third-order valence-corrected chi connectivity index (χ3v) is 3.62. The quantitative estimate of drug-likeness (QED) is 0.734. The number of hydrogen-bond donors (Lipinski definition) is 2. The molecule has 4 heteroatoms. The second-order valence-electron chi connectivity index (χ2n) is 5.74. The summed E-state index contributed by atoms with van der Waals surface area (Å²) in [5.41, 5.74) is 2.32. The van der Waals surface area contributed by atoms with Crippen LogP contribution in [0.15, 0.2) is 24.3 Å². The summed E-state index contributed by atoms with van der Waals surface area (Å²) in [6.07, 6.45) is 0.646. The summed E-state index contributed by atoms with van der Waals surface area (Å²) in [7, 11) is 0. The minimum absolute atomic E-state index is 0.364. The average molecular weight is 292 g/mol. The Kier molecular flexibility index (Phi) is 7.23. The van der Waals surface area contributed by atoms with Gasteiger partial charge in [-0.15, -0.1) is 0 Å². The highest BCUT2D eigenvalue weighted by Gasteiger charge is 2.17. The molecule has 0 heterocycles. The molecule has 1 unspecified atom stereocenters. The van der Waals surface area contributed by atoms with Crippen molar-refractivity contribution in [2.24, 2.45) is 5.92 Å². The smallest absolute Gasteiger partial charge is 0.320 e. The molecule has 1 aromatic carbocycles. The van der Waals surface area contributed by atoms with E-state index in [9.17, 15) is 9.90 Å². The Hall–Kier alpha value is -1.55. The molecule has 0 aromatic heterocycles. The van der Waals surface area contributed by atoms with Gasteiger partial charge >= 0.3 is 5.97 Å². The highest BCUT2D eigenvalue weighted by Crippen LogP contribution is 2.15. The summed E-state index contributed by atoms with van der Waals surface area (Å²) >= 11 is 0. The van der Waals surface area contributed by atoms with E-state index >= 15 is 0 Å². The number of hydrogen-bond acceptors (Lipinski definition) is 3. The molecule has 0 aliphatic carbocycles. The lowest BCUT2D eigenvalue weighted by molar-refractivity contribution is -0.140. The molecule has 0 saturated carbocycles. The van der Waals surface area contributed by atoms with Crippen LogP contribution in [0.2, 0.25) is 0 Å². The molecule has 1 rings (SSSR count). The Morgan fingerprint density at radius 2 is 1.76 bits per heavy atom. The maximum atomic E-state index is 11.2. The van der Waals surface area contributed by atoms with E-state index in [-0.39, 0.29) is 0 Å². The van der Waals surface area contributed by atoms with Gasteiger partial charge in [-0.25, -0.2) is 0 Å². The lowest BCUT2D eigenvalue weighted by atomic mass is 10.0. The first-order valence-electron chi connectivity index (χ1n) is 7.78. The molecule has 0 spiro atoms.